The summed E-state index contributed by atoms with van der Waals surface area (Å²) in [5.41, 5.74) is 1.53. The fraction of sp³-hybridized carbons (Fsp3) is 0. The van der Waals surface area contributed by atoms with Crippen molar-refractivity contribution >= 4 is 17.5 Å². The Labute approximate surface area is 80.6 Å². The highest BCUT2D eigenvalue weighted by atomic mass is 16.5. The largest absolute Gasteiger partial charge is 0.624 e. The summed E-state index contributed by atoms with van der Waals surface area (Å²) in [6, 6.07) is 7.86. The van der Waals surface area contributed by atoms with E-state index in [-0.39, 0.29) is 5.06 Å². The van der Waals surface area contributed by atoms with Gasteiger partial charge in [-0.2, -0.15) is 0 Å². The maximum absolute atomic E-state index is 11.6. The first-order valence-electron chi connectivity index (χ1n) is 4.46. The molecule has 0 amide bonds. The Kier molecular flexibility index (Phi) is 1.45. The summed E-state index contributed by atoms with van der Waals surface area (Å²) < 4.78 is 0. The molecule has 1 unspecified atom stereocenters. The number of fused-ring (bicyclic) bond motifs is 2. The normalized spacial score (nSPS) is 22.5. The number of hydrogen-bond donors (Lipinski definition) is 1. The van der Waals surface area contributed by atoms with Gasteiger partial charge in [0.25, 0.3) is 0 Å². The summed E-state index contributed by atoms with van der Waals surface area (Å²) in [5, 5.41) is 13.7. The second kappa shape index (κ2) is 2.64. The van der Waals surface area contributed by atoms with Crippen LogP contribution < -0.4 is 15.5 Å². The average Bonchev–Trinajstić information content (AvgIpc) is 2.57. The Morgan fingerprint density at radius 2 is 2.07 bits per heavy atom. The fourth-order valence-electron chi connectivity index (χ4n) is 1.84. The summed E-state index contributed by atoms with van der Waals surface area (Å²) in [6.07, 6.45) is 5.02. The van der Waals surface area contributed by atoms with Crippen LogP contribution in [-0.4, -0.2) is 5.71 Å². The maximum Gasteiger partial charge on any atom is 0.169 e. The fourth-order valence-corrected chi connectivity index (χ4v) is 1.84. The van der Waals surface area contributed by atoms with Crippen LogP contribution >= 0.6 is 0 Å². The molecule has 2 aliphatic rings. The summed E-state index contributed by atoms with van der Waals surface area (Å²) in [4.78, 5) is 4.18. The molecule has 1 aliphatic heterocycles. The van der Waals surface area contributed by atoms with Gasteiger partial charge in [-0.25, -0.2) is 4.99 Å². The van der Waals surface area contributed by atoms with Crippen LogP contribution in [0.25, 0.3) is 11.8 Å². The third kappa shape index (κ3) is 0.907. The maximum atomic E-state index is 11.6. The molecule has 0 radical (unpaired) electrons. The second-order valence-corrected chi connectivity index (χ2v) is 3.30. The van der Waals surface area contributed by atoms with E-state index >= 15 is 0 Å². The molecule has 3 heteroatoms. The number of nitrogens with one attached hydrogen (secondary N) is 1. The van der Waals surface area contributed by atoms with E-state index in [0.717, 1.165) is 21.8 Å². The standard InChI is InChI=1S/C11H8N2O/c14-13-6-5-12-10-7-8-3-1-2-4-9(8)11(10)13/h1-7,13H. The first-order valence-corrected chi connectivity index (χ1v) is 4.46. The Bertz CT molecular complexity index is 569. The molecule has 68 valence electrons. The Hall–Kier alpha value is -1.71. The minimum absolute atomic E-state index is 0.0520. The number of hydrogen-bond acceptors (Lipinski definition) is 2. The molecule has 0 aromatic heterocycles. The molecule has 3 nitrogen and oxygen atoms in total. The predicted octanol–water partition coefficient (Wildman–Crippen LogP) is -1.10. The van der Waals surface area contributed by atoms with Crippen LogP contribution in [0, 0.1) is 5.21 Å². The lowest BCUT2D eigenvalue weighted by Crippen LogP contribution is -3.01. The van der Waals surface area contributed by atoms with E-state index in [1.165, 1.54) is 6.20 Å². The molecule has 0 spiro atoms. The number of rotatable bonds is 0. The summed E-state index contributed by atoms with van der Waals surface area (Å²) in [5.74, 6) is 0. The van der Waals surface area contributed by atoms with Crippen LogP contribution in [0.2, 0.25) is 0 Å². The molecule has 1 aliphatic carbocycles. The molecule has 1 heterocycles. The summed E-state index contributed by atoms with van der Waals surface area (Å²) in [7, 11) is 0. The summed E-state index contributed by atoms with van der Waals surface area (Å²) >= 11 is 0. The van der Waals surface area contributed by atoms with Gasteiger partial charge in [0.05, 0.1) is 6.20 Å². The quantitative estimate of drug-likeness (QED) is 0.511. The van der Waals surface area contributed by atoms with E-state index in [9.17, 15) is 5.21 Å². The average molecular weight is 184 g/mol. The van der Waals surface area contributed by atoms with Gasteiger partial charge < -0.3 is 10.3 Å². The smallest absolute Gasteiger partial charge is 0.169 e. The van der Waals surface area contributed by atoms with Crippen LogP contribution in [0.15, 0.2) is 41.7 Å². The molecule has 1 aromatic rings. The van der Waals surface area contributed by atoms with Gasteiger partial charge in [0, 0.05) is 5.22 Å². The lowest BCUT2D eigenvalue weighted by atomic mass is 10.2. The Balaban J connectivity index is 2.45. The van der Waals surface area contributed by atoms with Crippen molar-refractivity contribution < 1.29 is 5.06 Å². The van der Waals surface area contributed by atoms with E-state index in [1.54, 1.807) is 6.20 Å². The molecule has 14 heavy (non-hydrogen) atoms. The molecule has 1 aromatic carbocycles. The topological polar surface area (TPSA) is 39.9 Å². The van der Waals surface area contributed by atoms with Crippen molar-refractivity contribution in [2.24, 2.45) is 4.99 Å². The van der Waals surface area contributed by atoms with Crippen LogP contribution in [-0.2, 0) is 0 Å². The monoisotopic (exact) mass is 184 g/mol. The van der Waals surface area contributed by atoms with Crippen molar-refractivity contribution in [3.05, 3.63) is 52.3 Å². The van der Waals surface area contributed by atoms with Gasteiger partial charge in [0.2, 0.25) is 0 Å². The molecule has 0 bridgehead atoms. The third-order valence-electron chi connectivity index (χ3n) is 2.46. The Morgan fingerprint density at radius 1 is 1.21 bits per heavy atom. The lowest BCUT2D eigenvalue weighted by Gasteiger charge is -2.20. The first kappa shape index (κ1) is 7.67. The molecule has 0 fully saturated rings. The van der Waals surface area contributed by atoms with Gasteiger partial charge in [-0.1, -0.05) is 18.2 Å². The zero-order chi connectivity index (χ0) is 9.54. The van der Waals surface area contributed by atoms with E-state index in [4.69, 9.17) is 0 Å². The molecule has 0 saturated heterocycles. The van der Waals surface area contributed by atoms with Crippen LogP contribution in [0.3, 0.4) is 0 Å². The van der Waals surface area contributed by atoms with Gasteiger partial charge in [-0.05, 0) is 17.4 Å². The highest BCUT2D eigenvalue weighted by molar-refractivity contribution is 6.33. The molecular weight excluding hydrogens is 176 g/mol. The van der Waals surface area contributed by atoms with Crippen molar-refractivity contribution in [3.8, 4) is 0 Å². The second-order valence-electron chi connectivity index (χ2n) is 3.30. The number of quaternary nitrogens is 1. The van der Waals surface area contributed by atoms with Crippen molar-refractivity contribution in [1.29, 1.82) is 0 Å². The van der Waals surface area contributed by atoms with Crippen LogP contribution in [0.5, 0.6) is 0 Å². The number of nitrogens with zero attached hydrogens (tertiary/aromatic N) is 1. The van der Waals surface area contributed by atoms with E-state index < -0.39 is 0 Å². The SMILES string of the molecule is [O-][NH+]1C=CN=C2C=c3ccccc3=C21. The van der Waals surface area contributed by atoms with Crippen molar-refractivity contribution in [1.82, 2.24) is 0 Å². The van der Waals surface area contributed by atoms with E-state index in [2.05, 4.69) is 4.99 Å². The van der Waals surface area contributed by atoms with Crippen molar-refractivity contribution in [2.75, 3.05) is 0 Å². The Morgan fingerprint density at radius 3 is 3.00 bits per heavy atom. The van der Waals surface area contributed by atoms with Crippen LogP contribution in [0.4, 0.5) is 0 Å². The number of aliphatic imine (C=N–C) groups is 1. The molecule has 1 N–H and O–H groups in total. The van der Waals surface area contributed by atoms with Gasteiger partial charge in [0.1, 0.15) is 11.9 Å². The lowest BCUT2D eigenvalue weighted by molar-refractivity contribution is -0.704. The minimum Gasteiger partial charge on any atom is -0.624 e. The predicted molar refractivity (Wildman–Crippen MR) is 54.5 cm³/mol. The molecular formula is C11H8N2O. The van der Waals surface area contributed by atoms with Gasteiger partial charge >= 0.3 is 0 Å². The van der Waals surface area contributed by atoms with Gasteiger partial charge in [0.15, 0.2) is 5.70 Å². The number of hydroxylamine groups is 2. The minimum atomic E-state index is 0.0520. The third-order valence-corrected chi connectivity index (χ3v) is 2.46. The molecule has 0 saturated carbocycles. The van der Waals surface area contributed by atoms with Gasteiger partial charge in [-0.3, -0.25) is 0 Å². The zero-order valence-corrected chi connectivity index (χ0v) is 7.40. The number of benzene rings is 1. The zero-order valence-electron chi connectivity index (χ0n) is 7.40. The van der Waals surface area contributed by atoms with Crippen molar-refractivity contribution in [2.45, 2.75) is 0 Å². The van der Waals surface area contributed by atoms with Gasteiger partial charge in [-0.15, -0.1) is 0 Å². The highest BCUT2D eigenvalue weighted by Gasteiger charge is 2.19. The summed E-state index contributed by atoms with van der Waals surface area (Å²) in [6.45, 7) is 0. The van der Waals surface area contributed by atoms with E-state index in [0.29, 0.717) is 0 Å². The molecule has 3 rings (SSSR count). The highest BCUT2D eigenvalue weighted by Crippen LogP contribution is 2.00. The first-order chi connectivity index (χ1) is 6.86. The van der Waals surface area contributed by atoms with Crippen molar-refractivity contribution in [3.63, 3.8) is 0 Å². The molecule has 1 atom stereocenters. The van der Waals surface area contributed by atoms with Crippen LogP contribution in [0.1, 0.15) is 0 Å². The van der Waals surface area contributed by atoms with E-state index in [1.807, 2.05) is 30.3 Å².